The minimum Gasteiger partial charge on any atom is -0.550 e. The maximum Gasteiger partial charge on any atom is 1.00 e. The van der Waals surface area contributed by atoms with Crippen molar-refractivity contribution in [1.82, 2.24) is 0 Å². The standard InChI is InChI=1S/C6H8O7.ClH2.Na/c7-3(8)1-6(13,5(11)12)2-4(9)10;;/h13H,1-2H2,(H,7,8)(H,9,10)(H,11,12);1H2;/q;2*+1/p-2. The Morgan fingerprint density at radius 2 is 1.33 bits per heavy atom. The van der Waals surface area contributed by atoms with Crippen LogP contribution in [-0.2, 0) is 14.4 Å². The van der Waals surface area contributed by atoms with Crippen LogP contribution in [-0.4, -0.2) is 33.7 Å². The molecule has 82 valence electrons. The molecule has 15 heavy (non-hydrogen) atoms. The monoisotopic (exact) mass is 250 g/mol. The zero-order chi connectivity index (χ0) is 10.6. The van der Waals surface area contributed by atoms with Gasteiger partial charge in [0.05, 0.1) is 12.4 Å². The number of rotatable bonds is 5. The van der Waals surface area contributed by atoms with Gasteiger partial charge in [0.2, 0.25) is 0 Å². The second-order valence-corrected chi connectivity index (χ2v) is 2.43. The Balaban J connectivity index is -0.000000720. The van der Waals surface area contributed by atoms with Crippen LogP contribution >= 0.6 is 0 Å². The van der Waals surface area contributed by atoms with Crippen molar-refractivity contribution < 1.29 is 76.8 Å². The van der Waals surface area contributed by atoms with E-state index < -0.39 is 36.4 Å². The number of carboxylic acid groups (broad SMARTS) is 3. The molecule has 7 nitrogen and oxygen atoms in total. The molecule has 0 fully saturated rings. The topological polar surface area (TPSA) is 138 Å². The van der Waals surface area contributed by atoms with Crippen molar-refractivity contribution in [2.24, 2.45) is 0 Å². The zero-order valence-corrected chi connectivity index (χ0v) is 10.7. The van der Waals surface area contributed by atoms with Crippen LogP contribution in [0.15, 0.2) is 0 Å². The Morgan fingerprint density at radius 1 is 1.07 bits per heavy atom. The second kappa shape index (κ2) is 7.89. The van der Waals surface area contributed by atoms with E-state index in [0.29, 0.717) is 0 Å². The zero-order valence-electron chi connectivity index (χ0n) is 7.80. The van der Waals surface area contributed by atoms with Crippen molar-refractivity contribution in [3.05, 3.63) is 0 Å². The molecule has 0 unspecified atom stereocenters. The molecule has 0 saturated heterocycles. The van der Waals surface area contributed by atoms with E-state index in [4.69, 9.17) is 10.2 Å². The third kappa shape index (κ3) is 7.57. The number of carbonyl (C=O) groups excluding carboxylic acids is 2. The molecule has 0 spiro atoms. The number of halogens is 1. The summed E-state index contributed by atoms with van der Waals surface area (Å²) in [5.41, 5.74) is -2.86. The number of aliphatic hydroxyl groups is 1. The predicted octanol–water partition coefficient (Wildman–Crippen LogP) is -7.45. The Hall–Kier alpha value is -0.340. The Bertz CT molecular complexity index is 238. The molecule has 0 aliphatic carbocycles. The predicted molar refractivity (Wildman–Crippen MR) is 34.6 cm³/mol. The first-order chi connectivity index (χ1) is 5.78. The van der Waals surface area contributed by atoms with Crippen LogP contribution in [0.4, 0.5) is 0 Å². The molecule has 0 aromatic heterocycles. The maximum atomic E-state index is 10.3. The van der Waals surface area contributed by atoms with Crippen LogP contribution in [0, 0.1) is 12.4 Å². The summed E-state index contributed by atoms with van der Waals surface area (Å²) in [5.74, 6) is -5.65. The summed E-state index contributed by atoms with van der Waals surface area (Å²) in [5, 5.41) is 37.2. The first-order valence-electron chi connectivity index (χ1n) is 3.13. The van der Waals surface area contributed by atoms with Crippen LogP contribution in [0.5, 0.6) is 0 Å². The van der Waals surface area contributed by atoms with Crippen molar-refractivity contribution >= 4 is 17.9 Å². The van der Waals surface area contributed by atoms with Crippen molar-refractivity contribution in [3.63, 3.8) is 0 Å². The van der Waals surface area contributed by atoms with E-state index in [-0.39, 0.29) is 42.0 Å². The third-order valence-corrected chi connectivity index (χ3v) is 1.27. The van der Waals surface area contributed by atoms with Crippen molar-refractivity contribution in [3.8, 4) is 0 Å². The molecule has 0 saturated carbocycles. The molecule has 2 N–H and O–H groups in total. The molecule has 0 aromatic rings. The number of carbonyl (C=O) groups is 3. The van der Waals surface area contributed by atoms with E-state index in [2.05, 4.69) is 0 Å². The van der Waals surface area contributed by atoms with Gasteiger partial charge in [-0.2, -0.15) is 0 Å². The molecule has 9 heteroatoms. The third-order valence-electron chi connectivity index (χ3n) is 1.27. The van der Waals surface area contributed by atoms with Crippen LogP contribution in [0.2, 0.25) is 0 Å². The van der Waals surface area contributed by atoms with E-state index >= 15 is 0 Å². The number of hydrogen-bond acceptors (Lipinski definition) is 6. The average molecular weight is 251 g/mol. The van der Waals surface area contributed by atoms with Crippen LogP contribution in [0.25, 0.3) is 0 Å². The van der Waals surface area contributed by atoms with Gasteiger partial charge in [-0.25, -0.2) is 4.79 Å². The van der Waals surface area contributed by atoms with E-state index in [1.165, 1.54) is 0 Å². The van der Waals surface area contributed by atoms with E-state index in [1.807, 2.05) is 0 Å². The van der Waals surface area contributed by atoms with Gasteiger partial charge in [0.1, 0.15) is 0 Å². The van der Waals surface area contributed by atoms with Gasteiger partial charge in [0, 0.05) is 24.8 Å². The molecule has 0 radical (unpaired) electrons. The van der Waals surface area contributed by atoms with Crippen molar-refractivity contribution in [2.45, 2.75) is 18.4 Å². The number of carboxylic acids is 3. The first kappa shape index (κ1) is 20.1. The normalized spacial score (nSPS) is 9.40. The van der Waals surface area contributed by atoms with Gasteiger partial charge >= 0.3 is 35.5 Å². The summed E-state index contributed by atoms with van der Waals surface area (Å²) in [6.45, 7) is 0. The largest absolute Gasteiger partial charge is 1.00 e. The minimum atomic E-state index is -2.86. The SMILES string of the molecule is O=C([O-])CC(O)(CC(=O)[O-])C(=O)O.[ClH2+].[Na+]. The molecule has 0 bridgehead atoms. The number of aliphatic carboxylic acids is 3. The summed E-state index contributed by atoms with van der Waals surface area (Å²) in [7, 11) is 0. The fraction of sp³-hybridized carbons (Fsp3) is 0.500. The van der Waals surface area contributed by atoms with Gasteiger partial charge < -0.3 is 30.0 Å². The van der Waals surface area contributed by atoms with Gasteiger partial charge in [-0.3, -0.25) is 0 Å². The number of hydrogen-bond donors (Lipinski definition) is 2. The van der Waals surface area contributed by atoms with Crippen LogP contribution < -0.4 is 39.8 Å². The quantitative estimate of drug-likeness (QED) is 0.462. The first-order valence-corrected chi connectivity index (χ1v) is 3.13. The van der Waals surface area contributed by atoms with Crippen LogP contribution in [0.3, 0.4) is 0 Å². The fourth-order valence-electron chi connectivity index (χ4n) is 0.691. The second-order valence-electron chi connectivity index (χ2n) is 2.43. The summed E-state index contributed by atoms with van der Waals surface area (Å²) >= 11 is 0. The Kier molecular flexibility index (Phi) is 10.6. The minimum absolute atomic E-state index is 0. The molecule has 0 aromatic carbocycles. The van der Waals surface area contributed by atoms with E-state index in [9.17, 15) is 24.6 Å². The van der Waals surface area contributed by atoms with Gasteiger partial charge in [0.25, 0.3) is 0 Å². The summed E-state index contributed by atoms with van der Waals surface area (Å²) in [6, 6.07) is 0. The van der Waals surface area contributed by atoms with Crippen LogP contribution in [0.1, 0.15) is 12.8 Å². The van der Waals surface area contributed by atoms with E-state index in [0.717, 1.165) is 0 Å². The molecular formula is C6H8ClNaO7. The van der Waals surface area contributed by atoms with Gasteiger partial charge in [-0.05, 0) is 0 Å². The molecule has 0 atom stereocenters. The van der Waals surface area contributed by atoms with E-state index in [1.54, 1.807) is 0 Å². The smallest absolute Gasteiger partial charge is 0.550 e. The molecule has 0 aliphatic heterocycles. The fourth-order valence-corrected chi connectivity index (χ4v) is 0.691. The van der Waals surface area contributed by atoms with Gasteiger partial charge in [0.15, 0.2) is 5.60 Å². The molecular weight excluding hydrogens is 243 g/mol. The Morgan fingerprint density at radius 3 is 1.47 bits per heavy atom. The average Bonchev–Trinajstić information content (AvgIpc) is 1.82. The molecule has 0 aliphatic rings. The van der Waals surface area contributed by atoms with Gasteiger partial charge in [-0.1, -0.05) is 0 Å². The Labute approximate surface area is 113 Å². The maximum absolute atomic E-state index is 10.3. The summed E-state index contributed by atoms with van der Waals surface area (Å²) in [4.78, 5) is 30.2. The molecule has 0 heterocycles. The van der Waals surface area contributed by atoms with Crippen molar-refractivity contribution in [1.29, 1.82) is 0 Å². The summed E-state index contributed by atoms with van der Waals surface area (Å²) in [6.07, 6.45) is -2.59. The van der Waals surface area contributed by atoms with Crippen molar-refractivity contribution in [2.75, 3.05) is 0 Å². The van der Waals surface area contributed by atoms with Gasteiger partial charge in [-0.15, -0.1) is 0 Å². The summed E-state index contributed by atoms with van der Waals surface area (Å²) < 4.78 is 0. The molecule has 0 amide bonds. The molecule has 0 rings (SSSR count).